The Morgan fingerprint density at radius 2 is 1.64 bits per heavy atom. The van der Waals surface area contributed by atoms with Crippen molar-refractivity contribution < 1.29 is 9.90 Å². The number of hydrogen-bond acceptors (Lipinski definition) is 5. The largest absolute Gasteiger partial charge is 0.387 e. The smallest absolute Gasteiger partial charge is 0.248 e. The number of amides is 1. The lowest BCUT2D eigenvalue weighted by Crippen LogP contribution is -2.40. The topological polar surface area (TPSA) is 77.5 Å². The number of carbonyl (C=O) groups is 1. The highest BCUT2D eigenvalue weighted by atomic mass is 16.3. The van der Waals surface area contributed by atoms with Gasteiger partial charge < -0.3 is 20.6 Å². The Bertz CT molecular complexity index is 1030. The van der Waals surface area contributed by atoms with Gasteiger partial charge in [-0.3, -0.25) is 4.79 Å². The number of rotatable bonds is 10. The number of nitrogens with zero attached hydrogens (tertiary/aromatic N) is 2. The lowest BCUT2D eigenvalue weighted by atomic mass is 10.0. The van der Waals surface area contributed by atoms with E-state index in [0.29, 0.717) is 13.0 Å². The van der Waals surface area contributed by atoms with E-state index in [1.807, 2.05) is 12.1 Å². The Labute approximate surface area is 196 Å². The van der Waals surface area contributed by atoms with Gasteiger partial charge in [-0.05, 0) is 50.5 Å². The van der Waals surface area contributed by atoms with Crippen LogP contribution in [0.3, 0.4) is 0 Å². The molecular weight excluding hydrogens is 412 g/mol. The van der Waals surface area contributed by atoms with E-state index < -0.39 is 6.61 Å². The normalized spacial score (nSPS) is 12.6. The third-order valence-corrected chi connectivity index (χ3v) is 5.76. The number of aryl methyl sites for hydroxylation is 2. The summed E-state index contributed by atoms with van der Waals surface area (Å²) in [6.45, 7) is 6.21. The van der Waals surface area contributed by atoms with Gasteiger partial charge in [0, 0.05) is 31.9 Å². The van der Waals surface area contributed by atoms with Crippen LogP contribution >= 0.6 is 0 Å². The summed E-state index contributed by atoms with van der Waals surface area (Å²) in [6.07, 6.45) is 2.47. The van der Waals surface area contributed by atoms with Crippen LogP contribution in [0, 0.1) is 13.8 Å². The molecule has 0 aliphatic heterocycles. The second kappa shape index (κ2) is 11.5. The van der Waals surface area contributed by atoms with Crippen LogP contribution in [0.5, 0.6) is 0 Å². The van der Waals surface area contributed by atoms with Crippen molar-refractivity contribution in [2.75, 3.05) is 30.8 Å². The van der Waals surface area contributed by atoms with Crippen LogP contribution in [0.25, 0.3) is 0 Å². The molecule has 0 fully saturated rings. The third kappa shape index (κ3) is 7.05. The van der Waals surface area contributed by atoms with Crippen molar-refractivity contribution in [3.05, 3.63) is 89.1 Å². The molecule has 1 heterocycles. The van der Waals surface area contributed by atoms with E-state index in [4.69, 9.17) is 0 Å². The summed E-state index contributed by atoms with van der Waals surface area (Å²) in [4.78, 5) is 18.1. The van der Waals surface area contributed by atoms with Gasteiger partial charge in [0.2, 0.25) is 5.91 Å². The number of likely N-dealkylation sites (N-methyl/N-ethyl adjacent to an activating group) is 1. The number of hydrogen-bond donors (Lipinski definition) is 3. The molecule has 0 saturated carbocycles. The maximum absolute atomic E-state index is 12.0. The van der Waals surface area contributed by atoms with Gasteiger partial charge in [0.15, 0.2) is 0 Å². The summed E-state index contributed by atoms with van der Waals surface area (Å²) in [5.41, 5.74) is 5.70. The minimum atomic E-state index is -0.502. The zero-order valence-corrected chi connectivity index (χ0v) is 19.9. The lowest BCUT2D eigenvalue weighted by molar-refractivity contribution is -0.132. The Balaban J connectivity index is 1.80. The number of anilines is 2. The first-order chi connectivity index (χ1) is 15.9. The molecule has 0 spiro atoms. The molecule has 2 atom stereocenters. The number of aliphatic hydroxyl groups is 1. The number of aromatic nitrogens is 1. The van der Waals surface area contributed by atoms with Crippen LogP contribution < -0.4 is 10.6 Å². The van der Waals surface area contributed by atoms with Crippen LogP contribution in [-0.2, 0) is 11.2 Å². The molecule has 6 heteroatoms. The zero-order chi connectivity index (χ0) is 23.8. The Kier molecular flexibility index (Phi) is 8.44. The highest BCUT2D eigenvalue weighted by molar-refractivity contribution is 5.77. The summed E-state index contributed by atoms with van der Waals surface area (Å²) in [5, 5.41) is 16.4. The number of carbonyl (C=O) groups excluding carboxylic acids is 1. The van der Waals surface area contributed by atoms with Gasteiger partial charge in [-0.1, -0.05) is 59.7 Å². The van der Waals surface area contributed by atoms with Crippen molar-refractivity contribution in [3.63, 3.8) is 0 Å². The number of pyridine rings is 1. The van der Waals surface area contributed by atoms with E-state index in [1.54, 1.807) is 18.1 Å². The molecule has 0 aliphatic rings. The third-order valence-electron chi connectivity index (χ3n) is 5.76. The molecule has 3 aromatic rings. The fourth-order valence-corrected chi connectivity index (χ4v) is 3.72. The van der Waals surface area contributed by atoms with Gasteiger partial charge in [-0.2, -0.15) is 0 Å². The summed E-state index contributed by atoms with van der Waals surface area (Å²) in [5.74, 6) is 0.427. The Morgan fingerprint density at radius 3 is 2.27 bits per heavy atom. The van der Waals surface area contributed by atoms with Crippen molar-refractivity contribution in [3.8, 4) is 0 Å². The molecule has 0 radical (unpaired) electrons. The van der Waals surface area contributed by atoms with Gasteiger partial charge in [0.25, 0.3) is 0 Å². The maximum atomic E-state index is 12.0. The molecule has 6 nitrogen and oxygen atoms in total. The second-order valence-corrected chi connectivity index (χ2v) is 8.64. The molecule has 3 N–H and O–H groups in total. The molecular formula is C27H34N4O2. The van der Waals surface area contributed by atoms with E-state index >= 15 is 0 Å². The Morgan fingerprint density at radius 1 is 1.00 bits per heavy atom. The molecule has 3 rings (SSSR count). The van der Waals surface area contributed by atoms with Gasteiger partial charge in [0.1, 0.15) is 12.4 Å². The van der Waals surface area contributed by atoms with Crippen LogP contribution in [0.15, 0.2) is 66.9 Å². The zero-order valence-electron chi connectivity index (χ0n) is 19.9. The lowest BCUT2D eigenvalue weighted by Gasteiger charge is -2.27. The van der Waals surface area contributed by atoms with Gasteiger partial charge >= 0.3 is 0 Å². The highest BCUT2D eigenvalue weighted by Crippen LogP contribution is 2.25. The number of benzene rings is 2. The average molecular weight is 447 g/mol. The average Bonchev–Trinajstić information content (AvgIpc) is 2.81. The quantitative estimate of drug-likeness (QED) is 0.432. The molecule has 174 valence electrons. The van der Waals surface area contributed by atoms with Crippen LogP contribution in [-0.4, -0.2) is 47.1 Å². The molecule has 1 aromatic heterocycles. The van der Waals surface area contributed by atoms with Crippen molar-refractivity contribution in [1.82, 2.24) is 9.88 Å². The first kappa shape index (κ1) is 24.3. The van der Waals surface area contributed by atoms with E-state index in [-0.39, 0.29) is 18.0 Å². The monoisotopic (exact) mass is 446 g/mol. The van der Waals surface area contributed by atoms with Crippen LogP contribution in [0.1, 0.15) is 35.2 Å². The van der Waals surface area contributed by atoms with E-state index in [1.165, 1.54) is 22.3 Å². The Hall–Kier alpha value is -3.38. The van der Waals surface area contributed by atoms with Crippen molar-refractivity contribution >= 4 is 17.4 Å². The molecule has 0 aliphatic carbocycles. The van der Waals surface area contributed by atoms with Gasteiger partial charge in [0.05, 0.1) is 5.69 Å². The second-order valence-electron chi connectivity index (χ2n) is 8.64. The first-order valence-electron chi connectivity index (χ1n) is 11.3. The molecule has 0 saturated heterocycles. The van der Waals surface area contributed by atoms with E-state index in [2.05, 4.69) is 84.9 Å². The first-order valence-corrected chi connectivity index (χ1v) is 11.3. The molecule has 33 heavy (non-hydrogen) atoms. The fourth-order valence-electron chi connectivity index (χ4n) is 3.72. The molecule has 1 amide bonds. The summed E-state index contributed by atoms with van der Waals surface area (Å²) >= 11 is 0. The number of nitrogens with one attached hydrogen (secondary N) is 2. The molecule has 0 bridgehead atoms. The van der Waals surface area contributed by atoms with Gasteiger partial charge in [-0.25, -0.2) is 4.98 Å². The standard InChI is InChI=1S/C27H34N4O2/c1-19-7-11-22(12-8-19)16-24(17-31(4)26(33)18-32)30-27-25(6-5-15-28-27)29-21(3)23-13-9-20(2)10-14-23/h5-15,21,24,29,32H,16-18H2,1-4H3,(H,28,30)/t21?,24-/m0/s1. The highest BCUT2D eigenvalue weighted by Gasteiger charge is 2.18. The predicted octanol–water partition coefficient (Wildman–Crippen LogP) is 4.35. The summed E-state index contributed by atoms with van der Waals surface area (Å²) in [7, 11) is 1.71. The molecule has 2 aromatic carbocycles. The number of aliphatic hydroxyl groups excluding tert-OH is 1. The van der Waals surface area contributed by atoms with Crippen molar-refractivity contribution in [1.29, 1.82) is 0 Å². The van der Waals surface area contributed by atoms with Gasteiger partial charge in [-0.15, -0.1) is 0 Å². The summed E-state index contributed by atoms with van der Waals surface area (Å²) < 4.78 is 0. The predicted molar refractivity (Wildman–Crippen MR) is 134 cm³/mol. The van der Waals surface area contributed by atoms with Crippen LogP contribution in [0.2, 0.25) is 0 Å². The van der Waals surface area contributed by atoms with Crippen molar-refractivity contribution in [2.45, 2.75) is 39.3 Å². The SMILES string of the molecule is Cc1ccc(C[C@@H](CN(C)C(=O)CO)Nc2ncccc2NC(C)c2ccc(C)cc2)cc1. The van der Waals surface area contributed by atoms with Crippen molar-refractivity contribution in [2.24, 2.45) is 0 Å². The van der Waals surface area contributed by atoms with E-state index in [9.17, 15) is 9.90 Å². The maximum Gasteiger partial charge on any atom is 0.248 e. The summed E-state index contributed by atoms with van der Waals surface area (Å²) in [6, 6.07) is 20.8. The fraction of sp³-hybridized carbons (Fsp3) is 0.333. The minimum Gasteiger partial charge on any atom is -0.387 e. The molecule has 1 unspecified atom stereocenters. The van der Waals surface area contributed by atoms with E-state index in [0.717, 1.165) is 11.5 Å². The van der Waals surface area contributed by atoms with Crippen LogP contribution in [0.4, 0.5) is 11.5 Å². The minimum absolute atomic E-state index is 0.0849.